The van der Waals surface area contributed by atoms with Crippen molar-refractivity contribution in [3.05, 3.63) is 96.6 Å². The Labute approximate surface area is 146 Å². The fraction of sp³-hybridized carbons (Fsp3) is 0.0500. The van der Waals surface area contributed by atoms with Crippen LogP contribution in [0.2, 0.25) is 0 Å². The van der Waals surface area contributed by atoms with E-state index in [0.29, 0.717) is 15.4 Å². The fourth-order valence-corrected chi connectivity index (χ4v) is 6.18. The van der Waals surface area contributed by atoms with Crippen LogP contribution >= 0.6 is 10.7 Å². The minimum absolute atomic E-state index is 0.240. The first-order valence-electron chi connectivity index (χ1n) is 7.56. The second-order valence-corrected chi connectivity index (χ2v) is 10.8. The lowest BCUT2D eigenvalue weighted by Gasteiger charge is -2.35. The minimum Gasteiger partial charge on any atom is -0.293 e. The van der Waals surface area contributed by atoms with Gasteiger partial charge in [0.15, 0.2) is 5.78 Å². The summed E-state index contributed by atoms with van der Waals surface area (Å²) in [5.74, 6) is -0.508. The van der Waals surface area contributed by atoms with Gasteiger partial charge in [0.05, 0.1) is 5.75 Å². The van der Waals surface area contributed by atoms with Crippen LogP contribution in [0.15, 0.2) is 101 Å². The van der Waals surface area contributed by atoms with Crippen LogP contribution in [-0.4, -0.2) is 15.7 Å². The third kappa shape index (κ3) is 3.05. The summed E-state index contributed by atoms with van der Waals surface area (Å²) in [6, 6.07) is 26.5. The van der Waals surface area contributed by atoms with Crippen LogP contribution in [-0.2, 0) is 8.28 Å². The maximum Gasteiger partial charge on any atom is 0.175 e. The lowest BCUT2D eigenvalue weighted by atomic mass is 10.2. The van der Waals surface area contributed by atoms with Crippen molar-refractivity contribution in [1.82, 2.24) is 0 Å². The van der Waals surface area contributed by atoms with Gasteiger partial charge in [-0.1, -0.05) is 66.7 Å². The summed E-state index contributed by atoms with van der Waals surface area (Å²) in [6.45, 7) is 0. The summed E-state index contributed by atoms with van der Waals surface area (Å²) in [6.07, 6.45) is 0. The van der Waals surface area contributed by atoms with E-state index < -0.39 is 8.28 Å². The van der Waals surface area contributed by atoms with Gasteiger partial charge in [0.2, 0.25) is 0 Å². The van der Waals surface area contributed by atoms with Crippen molar-refractivity contribution in [1.29, 1.82) is 0 Å². The molecule has 0 saturated carbocycles. The van der Waals surface area contributed by atoms with Crippen molar-refractivity contribution in [3.8, 4) is 0 Å². The van der Waals surface area contributed by atoms with Crippen molar-refractivity contribution in [2.24, 2.45) is 0 Å². The summed E-state index contributed by atoms with van der Waals surface area (Å²) < 4.78 is 14.1. The maximum absolute atomic E-state index is 14.1. The maximum atomic E-state index is 14.1. The molecule has 0 aliphatic carbocycles. The van der Waals surface area contributed by atoms with Gasteiger partial charge in [-0.05, 0) is 34.9 Å². The van der Waals surface area contributed by atoms with E-state index in [9.17, 15) is 9.00 Å². The highest BCUT2D eigenvalue weighted by atomic mass is 35.7. The minimum atomic E-state index is -4.07. The molecule has 0 N–H and O–H groups in total. The normalized spacial score (nSPS) is 13.0. The zero-order valence-electron chi connectivity index (χ0n) is 13.0. The third-order valence-corrected chi connectivity index (χ3v) is 8.51. The molecule has 3 aromatic rings. The van der Waals surface area contributed by atoms with Crippen LogP contribution in [0.1, 0.15) is 10.4 Å². The number of halogens is 1. The van der Waals surface area contributed by atoms with Crippen molar-refractivity contribution in [2.75, 3.05) is 5.75 Å². The number of carbonyl (C=O) groups excluding carboxylic acids is 1. The largest absolute Gasteiger partial charge is 0.293 e. The Morgan fingerprint density at radius 1 is 0.708 bits per heavy atom. The van der Waals surface area contributed by atoms with Gasteiger partial charge in [-0.25, -0.2) is 0 Å². The number of Topliss-reactive ketones (excluding diaryl/α,β-unsaturated/α-hetero) is 1. The zero-order valence-corrected chi connectivity index (χ0v) is 14.5. The molecule has 0 aromatic heterocycles. The van der Waals surface area contributed by atoms with Crippen molar-refractivity contribution in [2.45, 2.75) is 9.79 Å². The Kier molecular flexibility index (Phi) is 4.39. The number of ketones is 1. The predicted octanol–water partition coefficient (Wildman–Crippen LogP) is 4.96. The standard InChI is InChI=1S/C20H17ClO2S/c21-24(23,18-12-6-2-7-13-18,19-14-8-3-9-15-19)16-20(22)17-10-4-1-5-11-17/h1-15H,16H2. The average Bonchev–Trinajstić information content (AvgIpc) is 2.64. The molecule has 0 heterocycles. The SMILES string of the molecule is O=C(CS(=O)(Cl)(c1ccccc1)c1ccccc1)c1ccccc1. The first-order chi connectivity index (χ1) is 11.5. The average molecular weight is 357 g/mol. The van der Waals surface area contributed by atoms with E-state index in [0.717, 1.165) is 0 Å². The Bertz CT molecular complexity index is 863. The molecule has 2 nitrogen and oxygen atoms in total. The van der Waals surface area contributed by atoms with E-state index in [-0.39, 0.29) is 11.5 Å². The van der Waals surface area contributed by atoms with E-state index in [1.165, 1.54) is 0 Å². The molecule has 0 spiro atoms. The molecule has 122 valence electrons. The topological polar surface area (TPSA) is 34.1 Å². The number of carbonyl (C=O) groups is 1. The van der Waals surface area contributed by atoms with Crippen LogP contribution in [0.25, 0.3) is 0 Å². The van der Waals surface area contributed by atoms with E-state index in [1.807, 2.05) is 18.2 Å². The van der Waals surface area contributed by atoms with Gasteiger partial charge in [0.25, 0.3) is 0 Å². The van der Waals surface area contributed by atoms with Crippen LogP contribution in [0, 0.1) is 0 Å². The molecule has 0 atom stereocenters. The monoisotopic (exact) mass is 356 g/mol. The summed E-state index contributed by atoms with van der Waals surface area (Å²) in [5, 5.41) is 0. The number of rotatable bonds is 5. The molecule has 24 heavy (non-hydrogen) atoms. The Morgan fingerprint density at radius 3 is 1.50 bits per heavy atom. The van der Waals surface area contributed by atoms with Gasteiger partial charge in [-0.15, -0.1) is 0 Å². The molecule has 0 fully saturated rings. The highest BCUT2D eigenvalue weighted by molar-refractivity contribution is 8.38. The lowest BCUT2D eigenvalue weighted by Crippen LogP contribution is -2.34. The second-order valence-electron chi connectivity index (χ2n) is 5.56. The molecule has 0 aliphatic heterocycles. The third-order valence-electron chi connectivity index (χ3n) is 3.91. The predicted molar refractivity (Wildman–Crippen MR) is 99.1 cm³/mol. The number of hydrogen-bond donors (Lipinski definition) is 0. The second kappa shape index (κ2) is 6.34. The Hall–Kier alpha value is -2.23. The smallest absolute Gasteiger partial charge is 0.175 e. The van der Waals surface area contributed by atoms with E-state index in [2.05, 4.69) is 0 Å². The molecule has 0 amide bonds. The molecular weight excluding hydrogens is 340 g/mol. The Morgan fingerprint density at radius 2 is 1.08 bits per heavy atom. The molecule has 3 rings (SSSR count). The van der Waals surface area contributed by atoms with Crippen molar-refractivity contribution in [3.63, 3.8) is 0 Å². The zero-order chi connectivity index (χ0) is 17.1. The first-order valence-corrected chi connectivity index (χ1v) is 10.5. The Balaban J connectivity index is 2.14. The first kappa shape index (κ1) is 16.6. The molecule has 4 heteroatoms. The van der Waals surface area contributed by atoms with Crippen molar-refractivity contribution < 1.29 is 9.00 Å². The van der Waals surface area contributed by atoms with Crippen LogP contribution in [0.3, 0.4) is 0 Å². The summed E-state index contributed by atoms with van der Waals surface area (Å²) in [4.78, 5) is 13.7. The molecule has 0 aliphatic rings. The van der Waals surface area contributed by atoms with Gasteiger partial charge in [-0.2, -0.15) is 0 Å². The van der Waals surface area contributed by atoms with E-state index in [1.54, 1.807) is 72.8 Å². The van der Waals surface area contributed by atoms with Crippen LogP contribution in [0.5, 0.6) is 0 Å². The van der Waals surface area contributed by atoms with Gasteiger partial charge in [0.1, 0.15) is 0 Å². The van der Waals surface area contributed by atoms with Crippen molar-refractivity contribution >= 4 is 24.7 Å². The van der Waals surface area contributed by atoms with Gasteiger partial charge in [0, 0.05) is 23.6 Å². The molecule has 0 saturated heterocycles. The van der Waals surface area contributed by atoms with Gasteiger partial charge < -0.3 is 0 Å². The summed E-state index contributed by atoms with van der Waals surface area (Å²) >= 11 is 0. The molecule has 3 aromatic carbocycles. The van der Waals surface area contributed by atoms with E-state index in [4.69, 9.17) is 10.7 Å². The molecule has 0 unspecified atom stereocenters. The van der Waals surface area contributed by atoms with Gasteiger partial charge in [-0.3, -0.25) is 9.00 Å². The summed E-state index contributed by atoms with van der Waals surface area (Å²) in [7, 11) is 2.75. The lowest BCUT2D eigenvalue weighted by molar-refractivity contribution is 0.102. The molecular formula is C20H17ClO2S. The highest BCUT2D eigenvalue weighted by Gasteiger charge is 2.41. The highest BCUT2D eigenvalue weighted by Crippen LogP contribution is 2.48. The molecule has 0 bridgehead atoms. The van der Waals surface area contributed by atoms with Crippen LogP contribution < -0.4 is 0 Å². The van der Waals surface area contributed by atoms with Gasteiger partial charge >= 0.3 is 0 Å². The number of hydrogen-bond acceptors (Lipinski definition) is 2. The number of benzene rings is 3. The quantitative estimate of drug-likeness (QED) is 0.478. The van der Waals surface area contributed by atoms with E-state index >= 15 is 0 Å². The molecule has 0 radical (unpaired) electrons. The fourth-order valence-electron chi connectivity index (χ4n) is 2.63. The van der Waals surface area contributed by atoms with Crippen LogP contribution in [0.4, 0.5) is 0 Å². The summed E-state index contributed by atoms with van der Waals surface area (Å²) in [5.41, 5.74) is 0.504.